The van der Waals surface area contributed by atoms with Crippen molar-refractivity contribution in [2.45, 2.75) is 33.1 Å². The average Bonchev–Trinajstić information content (AvgIpc) is 2.71. The maximum atomic E-state index is 12.0. The highest BCUT2D eigenvalue weighted by Gasteiger charge is 2.11. The SMILES string of the molecule is CCOc1ccc(NC(=O)CCCC(=O)OCC(=O)Nc2cccc(Cl)c2C)cc1. The predicted octanol–water partition coefficient (Wildman–Crippen LogP) is 4.34. The summed E-state index contributed by atoms with van der Waals surface area (Å²) < 4.78 is 10.3. The van der Waals surface area contributed by atoms with Crippen LogP contribution in [0.2, 0.25) is 5.02 Å². The summed E-state index contributed by atoms with van der Waals surface area (Å²) in [5.41, 5.74) is 1.95. The summed E-state index contributed by atoms with van der Waals surface area (Å²) in [7, 11) is 0. The standard InChI is InChI=1S/C22H25ClN2O5/c1-3-29-17-12-10-16(11-13-17)24-20(26)8-5-9-22(28)30-14-21(27)25-19-7-4-6-18(23)15(19)2/h4,6-7,10-13H,3,5,8-9,14H2,1-2H3,(H,24,26)(H,25,27). The predicted molar refractivity (Wildman–Crippen MR) is 116 cm³/mol. The number of rotatable bonds is 10. The molecule has 0 unspecified atom stereocenters. The maximum absolute atomic E-state index is 12.0. The molecule has 7 nitrogen and oxygen atoms in total. The minimum absolute atomic E-state index is 0.0418. The third kappa shape index (κ3) is 7.75. The summed E-state index contributed by atoms with van der Waals surface area (Å²) in [6.45, 7) is 3.85. The fourth-order valence-corrected chi connectivity index (χ4v) is 2.74. The molecule has 0 aliphatic heterocycles. The Bertz CT molecular complexity index is 884. The highest BCUT2D eigenvalue weighted by molar-refractivity contribution is 6.31. The number of anilines is 2. The van der Waals surface area contributed by atoms with Gasteiger partial charge in [0.1, 0.15) is 5.75 Å². The van der Waals surface area contributed by atoms with Crippen LogP contribution in [0.1, 0.15) is 31.7 Å². The minimum Gasteiger partial charge on any atom is -0.494 e. The highest BCUT2D eigenvalue weighted by Crippen LogP contribution is 2.22. The third-order valence-electron chi connectivity index (χ3n) is 4.14. The van der Waals surface area contributed by atoms with Gasteiger partial charge in [-0.25, -0.2) is 0 Å². The lowest BCUT2D eigenvalue weighted by molar-refractivity contribution is -0.147. The van der Waals surface area contributed by atoms with E-state index in [2.05, 4.69) is 10.6 Å². The minimum atomic E-state index is -0.540. The van der Waals surface area contributed by atoms with Gasteiger partial charge in [0.25, 0.3) is 5.91 Å². The van der Waals surface area contributed by atoms with Crippen LogP contribution in [-0.2, 0) is 19.1 Å². The van der Waals surface area contributed by atoms with E-state index in [1.807, 2.05) is 6.92 Å². The van der Waals surface area contributed by atoms with Crippen molar-refractivity contribution in [3.63, 3.8) is 0 Å². The second-order valence-corrected chi connectivity index (χ2v) is 6.89. The van der Waals surface area contributed by atoms with Crippen LogP contribution in [-0.4, -0.2) is 31.0 Å². The van der Waals surface area contributed by atoms with E-state index in [1.165, 1.54) is 0 Å². The fraction of sp³-hybridized carbons (Fsp3) is 0.318. The first-order valence-corrected chi connectivity index (χ1v) is 10.00. The number of benzene rings is 2. The highest BCUT2D eigenvalue weighted by atomic mass is 35.5. The van der Waals surface area contributed by atoms with Crippen LogP contribution in [0.5, 0.6) is 5.75 Å². The van der Waals surface area contributed by atoms with Gasteiger partial charge in [-0.2, -0.15) is 0 Å². The molecule has 0 atom stereocenters. The number of hydrogen-bond donors (Lipinski definition) is 2. The number of halogens is 1. The van der Waals surface area contributed by atoms with Crippen molar-refractivity contribution >= 4 is 40.8 Å². The van der Waals surface area contributed by atoms with Gasteiger partial charge in [-0.1, -0.05) is 17.7 Å². The van der Waals surface area contributed by atoms with E-state index in [0.29, 0.717) is 29.4 Å². The first-order valence-electron chi connectivity index (χ1n) is 9.62. The molecule has 2 aromatic carbocycles. The van der Waals surface area contributed by atoms with E-state index in [9.17, 15) is 14.4 Å². The topological polar surface area (TPSA) is 93.7 Å². The molecule has 2 amide bonds. The summed E-state index contributed by atoms with van der Waals surface area (Å²) in [5.74, 6) is -0.474. The first kappa shape index (κ1) is 23.2. The average molecular weight is 433 g/mol. The molecule has 0 saturated heterocycles. The number of amides is 2. The van der Waals surface area contributed by atoms with E-state index >= 15 is 0 Å². The van der Waals surface area contributed by atoms with Gasteiger partial charge in [0.15, 0.2) is 6.61 Å². The van der Waals surface area contributed by atoms with Gasteiger partial charge in [-0.3, -0.25) is 14.4 Å². The molecule has 0 fully saturated rings. The molecule has 0 radical (unpaired) electrons. The summed E-state index contributed by atoms with van der Waals surface area (Å²) in [4.78, 5) is 35.7. The van der Waals surface area contributed by atoms with Gasteiger partial charge in [0.2, 0.25) is 5.91 Å². The number of hydrogen-bond acceptors (Lipinski definition) is 5. The molecule has 2 N–H and O–H groups in total. The third-order valence-corrected chi connectivity index (χ3v) is 4.55. The molecule has 0 bridgehead atoms. The molecule has 30 heavy (non-hydrogen) atoms. The van der Waals surface area contributed by atoms with Crippen LogP contribution in [0.4, 0.5) is 11.4 Å². The molecule has 0 aliphatic rings. The molecule has 0 aromatic heterocycles. The molecule has 0 spiro atoms. The monoisotopic (exact) mass is 432 g/mol. The summed E-state index contributed by atoms with van der Waals surface area (Å²) in [6.07, 6.45) is 0.521. The van der Waals surface area contributed by atoms with Crippen LogP contribution in [0, 0.1) is 6.92 Å². The van der Waals surface area contributed by atoms with Gasteiger partial charge in [0.05, 0.1) is 6.61 Å². The van der Waals surface area contributed by atoms with E-state index in [4.69, 9.17) is 21.1 Å². The number of ether oxygens (including phenoxy) is 2. The molecule has 8 heteroatoms. The zero-order chi connectivity index (χ0) is 21.9. The Morgan fingerprint density at radius 1 is 0.967 bits per heavy atom. The summed E-state index contributed by atoms with van der Waals surface area (Å²) in [5, 5.41) is 5.93. The number of carbonyl (C=O) groups excluding carboxylic acids is 3. The summed E-state index contributed by atoms with van der Waals surface area (Å²) >= 11 is 6.00. The molecule has 0 aliphatic carbocycles. The fourth-order valence-electron chi connectivity index (χ4n) is 2.57. The number of esters is 1. The molecule has 2 rings (SSSR count). The lowest BCUT2D eigenvalue weighted by atomic mass is 10.2. The maximum Gasteiger partial charge on any atom is 0.306 e. The van der Waals surface area contributed by atoms with Crippen LogP contribution in [0.25, 0.3) is 0 Å². The Morgan fingerprint density at radius 3 is 2.40 bits per heavy atom. The number of carbonyl (C=O) groups is 3. The molecular weight excluding hydrogens is 408 g/mol. The van der Waals surface area contributed by atoms with Crippen molar-refractivity contribution in [1.82, 2.24) is 0 Å². The lowest BCUT2D eigenvalue weighted by Gasteiger charge is -2.10. The molecule has 2 aromatic rings. The molecule has 160 valence electrons. The Morgan fingerprint density at radius 2 is 1.70 bits per heavy atom. The molecule has 0 saturated carbocycles. The molecular formula is C22H25ClN2O5. The Labute approximate surface area is 180 Å². The van der Waals surface area contributed by atoms with Crippen molar-refractivity contribution in [1.29, 1.82) is 0 Å². The second kappa shape index (κ2) is 11.8. The van der Waals surface area contributed by atoms with Gasteiger partial charge in [-0.15, -0.1) is 0 Å². The van der Waals surface area contributed by atoms with E-state index in [1.54, 1.807) is 49.4 Å². The van der Waals surface area contributed by atoms with E-state index in [-0.39, 0.29) is 18.7 Å². The van der Waals surface area contributed by atoms with Crippen LogP contribution in [0.3, 0.4) is 0 Å². The van der Waals surface area contributed by atoms with Gasteiger partial charge in [-0.05, 0) is 62.2 Å². The quantitative estimate of drug-likeness (QED) is 0.545. The number of nitrogens with one attached hydrogen (secondary N) is 2. The van der Waals surface area contributed by atoms with Gasteiger partial charge in [0, 0.05) is 29.2 Å². The van der Waals surface area contributed by atoms with Gasteiger partial charge < -0.3 is 20.1 Å². The zero-order valence-corrected chi connectivity index (χ0v) is 17.8. The van der Waals surface area contributed by atoms with Crippen LogP contribution in [0.15, 0.2) is 42.5 Å². The van der Waals surface area contributed by atoms with Crippen molar-refractivity contribution < 1.29 is 23.9 Å². The Balaban J connectivity index is 1.65. The first-order chi connectivity index (χ1) is 14.4. The van der Waals surface area contributed by atoms with Crippen LogP contribution >= 0.6 is 11.6 Å². The summed E-state index contributed by atoms with van der Waals surface area (Å²) in [6, 6.07) is 12.2. The Kier molecular flexibility index (Phi) is 9.15. The van der Waals surface area contributed by atoms with Crippen molar-refractivity contribution in [2.75, 3.05) is 23.8 Å². The van der Waals surface area contributed by atoms with E-state index in [0.717, 1.165) is 11.3 Å². The Hall–Kier alpha value is -3.06. The van der Waals surface area contributed by atoms with Gasteiger partial charge >= 0.3 is 5.97 Å². The van der Waals surface area contributed by atoms with Crippen LogP contribution < -0.4 is 15.4 Å². The molecule has 0 heterocycles. The lowest BCUT2D eigenvalue weighted by Crippen LogP contribution is -2.21. The van der Waals surface area contributed by atoms with Crippen molar-refractivity contribution in [3.8, 4) is 5.75 Å². The second-order valence-electron chi connectivity index (χ2n) is 6.48. The van der Waals surface area contributed by atoms with Crippen molar-refractivity contribution in [2.24, 2.45) is 0 Å². The zero-order valence-electron chi connectivity index (χ0n) is 17.0. The smallest absolute Gasteiger partial charge is 0.306 e. The van der Waals surface area contributed by atoms with Crippen molar-refractivity contribution in [3.05, 3.63) is 53.1 Å². The normalized spacial score (nSPS) is 10.2. The largest absolute Gasteiger partial charge is 0.494 e. The van der Waals surface area contributed by atoms with E-state index < -0.39 is 18.5 Å².